The standard InChI is InChI=1S/C15H14BrCl2NO2/c16-10-4-6-12(7-5-10)21-9-11(20)8-19-14-3-1-2-13(17)15(14)18/h1-7,11,19-20H,8-9H2. The van der Waals surface area contributed by atoms with Crippen molar-refractivity contribution in [3.05, 3.63) is 57.0 Å². The summed E-state index contributed by atoms with van der Waals surface area (Å²) in [6, 6.07) is 12.7. The molecule has 0 aliphatic carbocycles. The lowest BCUT2D eigenvalue weighted by atomic mass is 10.3. The zero-order chi connectivity index (χ0) is 15.2. The van der Waals surface area contributed by atoms with E-state index in [0.29, 0.717) is 28.0 Å². The van der Waals surface area contributed by atoms with Crippen molar-refractivity contribution in [3.8, 4) is 5.75 Å². The summed E-state index contributed by atoms with van der Waals surface area (Å²) in [6.45, 7) is 0.503. The molecule has 2 N–H and O–H groups in total. The van der Waals surface area contributed by atoms with E-state index in [1.54, 1.807) is 18.2 Å². The van der Waals surface area contributed by atoms with E-state index in [4.69, 9.17) is 27.9 Å². The van der Waals surface area contributed by atoms with Crippen molar-refractivity contribution >= 4 is 44.8 Å². The summed E-state index contributed by atoms with van der Waals surface area (Å²) >= 11 is 15.3. The molecule has 0 bridgehead atoms. The fourth-order valence-electron chi connectivity index (χ4n) is 1.65. The smallest absolute Gasteiger partial charge is 0.119 e. The van der Waals surface area contributed by atoms with Gasteiger partial charge in [0.1, 0.15) is 18.5 Å². The van der Waals surface area contributed by atoms with Crippen molar-refractivity contribution in [1.29, 1.82) is 0 Å². The number of benzene rings is 2. The van der Waals surface area contributed by atoms with E-state index in [2.05, 4.69) is 21.2 Å². The Bertz CT molecular complexity index is 593. The first kappa shape index (κ1) is 16.4. The van der Waals surface area contributed by atoms with Gasteiger partial charge in [-0.25, -0.2) is 0 Å². The Morgan fingerprint density at radius 2 is 1.86 bits per heavy atom. The number of hydrogen-bond acceptors (Lipinski definition) is 3. The normalized spacial score (nSPS) is 12.0. The Morgan fingerprint density at radius 3 is 2.57 bits per heavy atom. The third kappa shape index (κ3) is 5.08. The molecule has 112 valence electrons. The van der Waals surface area contributed by atoms with Crippen LogP contribution in [0.5, 0.6) is 5.75 Å². The maximum atomic E-state index is 9.91. The van der Waals surface area contributed by atoms with Crippen molar-refractivity contribution in [1.82, 2.24) is 0 Å². The van der Waals surface area contributed by atoms with Gasteiger partial charge < -0.3 is 15.2 Å². The maximum absolute atomic E-state index is 9.91. The third-order valence-electron chi connectivity index (χ3n) is 2.74. The first-order valence-corrected chi connectivity index (χ1v) is 7.85. The molecule has 6 heteroatoms. The van der Waals surface area contributed by atoms with Gasteiger partial charge in [-0.1, -0.05) is 45.2 Å². The molecule has 2 aromatic rings. The number of halogens is 3. The van der Waals surface area contributed by atoms with Gasteiger partial charge in [-0.2, -0.15) is 0 Å². The summed E-state index contributed by atoms with van der Waals surface area (Å²) in [5.74, 6) is 0.707. The van der Waals surface area contributed by atoms with Crippen LogP contribution in [0.4, 0.5) is 5.69 Å². The summed E-state index contributed by atoms with van der Waals surface area (Å²) in [5, 5.41) is 13.9. The minimum atomic E-state index is -0.663. The number of nitrogens with one attached hydrogen (secondary N) is 1. The van der Waals surface area contributed by atoms with Gasteiger partial charge in [0.05, 0.1) is 15.7 Å². The lowest BCUT2D eigenvalue weighted by Crippen LogP contribution is -2.26. The molecule has 0 aliphatic rings. The second-order valence-electron chi connectivity index (χ2n) is 4.40. The highest BCUT2D eigenvalue weighted by Gasteiger charge is 2.08. The summed E-state index contributed by atoms with van der Waals surface area (Å²) in [6.07, 6.45) is -0.663. The molecule has 3 nitrogen and oxygen atoms in total. The third-order valence-corrected chi connectivity index (χ3v) is 4.08. The minimum absolute atomic E-state index is 0.187. The highest BCUT2D eigenvalue weighted by molar-refractivity contribution is 9.10. The molecule has 2 aromatic carbocycles. The van der Waals surface area contributed by atoms with Gasteiger partial charge in [0, 0.05) is 11.0 Å². The van der Waals surface area contributed by atoms with Crippen molar-refractivity contribution in [2.75, 3.05) is 18.5 Å². The molecular formula is C15H14BrCl2NO2. The summed E-state index contributed by atoms with van der Waals surface area (Å²) in [5.41, 5.74) is 0.687. The van der Waals surface area contributed by atoms with Gasteiger partial charge in [0.2, 0.25) is 0 Å². The molecular weight excluding hydrogens is 377 g/mol. The van der Waals surface area contributed by atoms with Gasteiger partial charge in [0.25, 0.3) is 0 Å². The number of ether oxygens (including phenoxy) is 1. The van der Waals surface area contributed by atoms with Crippen molar-refractivity contribution in [2.45, 2.75) is 6.10 Å². The average molecular weight is 391 g/mol. The molecule has 1 unspecified atom stereocenters. The van der Waals surface area contributed by atoms with Crippen molar-refractivity contribution in [2.24, 2.45) is 0 Å². The fraction of sp³-hybridized carbons (Fsp3) is 0.200. The summed E-state index contributed by atoms with van der Waals surface area (Å²) in [4.78, 5) is 0. The van der Waals surface area contributed by atoms with Crippen LogP contribution >= 0.6 is 39.1 Å². The zero-order valence-corrected chi connectivity index (χ0v) is 14.1. The van der Waals surface area contributed by atoms with E-state index in [0.717, 1.165) is 4.47 Å². The molecule has 1 atom stereocenters. The van der Waals surface area contributed by atoms with E-state index < -0.39 is 6.10 Å². The van der Waals surface area contributed by atoms with E-state index in [9.17, 15) is 5.11 Å². The van der Waals surface area contributed by atoms with Gasteiger partial charge in [0.15, 0.2) is 0 Å². The summed E-state index contributed by atoms with van der Waals surface area (Å²) < 4.78 is 6.47. The van der Waals surface area contributed by atoms with Gasteiger partial charge in [-0.15, -0.1) is 0 Å². The van der Waals surface area contributed by atoms with Crippen LogP contribution in [0.2, 0.25) is 10.0 Å². The monoisotopic (exact) mass is 389 g/mol. The summed E-state index contributed by atoms with van der Waals surface area (Å²) in [7, 11) is 0. The Kier molecular flexibility index (Phi) is 6.18. The highest BCUT2D eigenvalue weighted by atomic mass is 79.9. The molecule has 0 aliphatic heterocycles. The molecule has 0 spiro atoms. The molecule has 21 heavy (non-hydrogen) atoms. The molecule has 0 fully saturated rings. The topological polar surface area (TPSA) is 41.5 Å². The Morgan fingerprint density at radius 1 is 1.14 bits per heavy atom. The SMILES string of the molecule is OC(CNc1cccc(Cl)c1Cl)COc1ccc(Br)cc1. The number of hydrogen-bond donors (Lipinski definition) is 2. The second kappa shape index (κ2) is 7.90. The zero-order valence-electron chi connectivity index (χ0n) is 11.0. The predicted octanol–water partition coefficient (Wildman–Crippen LogP) is 4.61. The maximum Gasteiger partial charge on any atom is 0.119 e. The van der Waals surface area contributed by atoms with Crippen LogP contribution in [0.3, 0.4) is 0 Å². The average Bonchev–Trinajstić information content (AvgIpc) is 2.48. The molecule has 2 rings (SSSR count). The Labute approximate surface area is 142 Å². The number of rotatable bonds is 6. The molecule has 0 radical (unpaired) electrons. The largest absolute Gasteiger partial charge is 0.491 e. The molecule has 0 amide bonds. The lowest BCUT2D eigenvalue weighted by molar-refractivity contribution is 0.117. The Balaban J connectivity index is 1.80. The number of anilines is 1. The van der Waals surface area contributed by atoms with Crippen LogP contribution in [0, 0.1) is 0 Å². The van der Waals surface area contributed by atoms with E-state index in [-0.39, 0.29) is 6.61 Å². The predicted molar refractivity (Wildman–Crippen MR) is 90.6 cm³/mol. The van der Waals surface area contributed by atoms with E-state index in [1.807, 2.05) is 24.3 Å². The van der Waals surface area contributed by atoms with Gasteiger partial charge >= 0.3 is 0 Å². The Hall–Kier alpha value is -0.940. The van der Waals surface area contributed by atoms with Gasteiger partial charge in [-0.05, 0) is 36.4 Å². The van der Waals surface area contributed by atoms with Crippen LogP contribution < -0.4 is 10.1 Å². The van der Waals surface area contributed by atoms with E-state index >= 15 is 0 Å². The quantitative estimate of drug-likeness (QED) is 0.756. The molecule has 0 saturated carbocycles. The van der Waals surface area contributed by atoms with Crippen LogP contribution in [-0.4, -0.2) is 24.4 Å². The fourth-order valence-corrected chi connectivity index (χ4v) is 2.28. The number of aliphatic hydroxyl groups is 1. The van der Waals surface area contributed by atoms with Crippen LogP contribution in [-0.2, 0) is 0 Å². The highest BCUT2D eigenvalue weighted by Crippen LogP contribution is 2.29. The van der Waals surface area contributed by atoms with Crippen LogP contribution in [0.25, 0.3) is 0 Å². The lowest BCUT2D eigenvalue weighted by Gasteiger charge is -2.15. The minimum Gasteiger partial charge on any atom is -0.491 e. The first-order chi connectivity index (χ1) is 10.1. The van der Waals surface area contributed by atoms with Crippen molar-refractivity contribution in [3.63, 3.8) is 0 Å². The molecule has 0 saturated heterocycles. The molecule has 0 heterocycles. The van der Waals surface area contributed by atoms with Crippen LogP contribution in [0.15, 0.2) is 46.9 Å². The molecule has 0 aromatic heterocycles. The first-order valence-electron chi connectivity index (χ1n) is 6.30. The van der Waals surface area contributed by atoms with Gasteiger partial charge in [-0.3, -0.25) is 0 Å². The van der Waals surface area contributed by atoms with Crippen LogP contribution in [0.1, 0.15) is 0 Å². The van der Waals surface area contributed by atoms with E-state index in [1.165, 1.54) is 0 Å². The second-order valence-corrected chi connectivity index (χ2v) is 6.10. The number of aliphatic hydroxyl groups excluding tert-OH is 1. The van der Waals surface area contributed by atoms with Crippen molar-refractivity contribution < 1.29 is 9.84 Å².